The van der Waals surface area contributed by atoms with Crippen LogP contribution in [0.2, 0.25) is 0 Å². The third-order valence-corrected chi connectivity index (χ3v) is 3.97. The molecule has 0 amide bonds. The molecule has 1 aromatic carbocycles. The molecule has 7 nitrogen and oxygen atoms in total. The van der Waals surface area contributed by atoms with Crippen LogP contribution >= 0.6 is 0 Å². The number of hydrogen-bond acceptors (Lipinski definition) is 6. The average Bonchev–Trinajstić information content (AvgIpc) is 2.60. The van der Waals surface area contributed by atoms with Crippen molar-refractivity contribution in [2.75, 3.05) is 31.2 Å². The molecule has 2 aromatic rings. The van der Waals surface area contributed by atoms with Crippen LogP contribution in [0.1, 0.15) is 15.9 Å². The Morgan fingerprint density at radius 2 is 2.21 bits per heavy atom. The average molecular weight is 331 g/mol. The molecule has 1 fully saturated rings. The molecule has 1 atom stereocenters. The molecule has 1 aliphatic heterocycles. The first-order valence-electron chi connectivity index (χ1n) is 7.48. The predicted molar refractivity (Wildman–Crippen MR) is 88.6 cm³/mol. The van der Waals surface area contributed by atoms with E-state index in [-0.39, 0.29) is 29.1 Å². The minimum absolute atomic E-state index is 0.00386. The molecule has 24 heavy (non-hydrogen) atoms. The molecule has 126 valence electrons. The van der Waals surface area contributed by atoms with Gasteiger partial charge in [0.2, 0.25) is 0 Å². The maximum atomic E-state index is 12.4. The molecular formula is C17H17NO6. The SMILES string of the molecule is C=Cc1cc(C(=O)O)cc2c(=O)cc(N3CCO[C@H](CO)C3)oc12. The summed E-state index contributed by atoms with van der Waals surface area (Å²) in [5, 5.41) is 18.6. The van der Waals surface area contributed by atoms with Gasteiger partial charge in [-0.15, -0.1) is 0 Å². The molecule has 0 aliphatic carbocycles. The minimum atomic E-state index is -1.12. The van der Waals surface area contributed by atoms with Crippen molar-refractivity contribution in [3.05, 3.63) is 46.1 Å². The number of fused-ring (bicyclic) bond motifs is 1. The number of morpholine rings is 1. The van der Waals surface area contributed by atoms with E-state index in [0.717, 1.165) is 0 Å². The third kappa shape index (κ3) is 2.91. The normalized spacial score (nSPS) is 17.9. The van der Waals surface area contributed by atoms with Gasteiger partial charge in [-0.25, -0.2) is 4.79 Å². The van der Waals surface area contributed by atoms with E-state index in [1.54, 1.807) is 0 Å². The maximum absolute atomic E-state index is 12.4. The quantitative estimate of drug-likeness (QED) is 0.871. The van der Waals surface area contributed by atoms with Crippen LogP contribution < -0.4 is 10.3 Å². The van der Waals surface area contributed by atoms with Crippen LogP contribution in [0.15, 0.2) is 34.0 Å². The number of carbonyl (C=O) groups is 1. The van der Waals surface area contributed by atoms with Gasteiger partial charge in [-0.1, -0.05) is 12.7 Å². The fourth-order valence-electron chi connectivity index (χ4n) is 2.73. The summed E-state index contributed by atoms with van der Waals surface area (Å²) >= 11 is 0. The molecule has 1 aliphatic rings. The molecule has 1 aromatic heterocycles. The van der Waals surface area contributed by atoms with Gasteiger partial charge in [0.25, 0.3) is 0 Å². The number of aliphatic hydroxyl groups excluding tert-OH is 1. The molecular weight excluding hydrogens is 314 g/mol. The molecule has 7 heteroatoms. The number of ether oxygens (including phenoxy) is 1. The highest BCUT2D eigenvalue weighted by atomic mass is 16.5. The van der Waals surface area contributed by atoms with Gasteiger partial charge >= 0.3 is 5.97 Å². The molecule has 0 unspecified atom stereocenters. The number of rotatable bonds is 4. The number of nitrogens with zero attached hydrogens (tertiary/aromatic N) is 1. The van der Waals surface area contributed by atoms with Crippen LogP contribution in [0.4, 0.5) is 5.88 Å². The van der Waals surface area contributed by atoms with Gasteiger partial charge in [0.1, 0.15) is 5.58 Å². The van der Waals surface area contributed by atoms with Crippen molar-refractivity contribution in [1.82, 2.24) is 0 Å². The van der Waals surface area contributed by atoms with Crippen molar-refractivity contribution in [2.24, 2.45) is 0 Å². The molecule has 3 rings (SSSR count). The topological polar surface area (TPSA) is 100 Å². The number of carboxylic acid groups (broad SMARTS) is 1. The van der Waals surface area contributed by atoms with E-state index >= 15 is 0 Å². The summed E-state index contributed by atoms with van der Waals surface area (Å²) in [5.41, 5.74) is 0.411. The monoisotopic (exact) mass is 331 g/mol. The van der Waals surface area contributed by atoms with Crippen LogP contribution in [-0.2, 0) is 4.74 Å². The second-order valence-electron chi connectivity index (χ2n) is 5.52. The Balaban J connectivity index is 2.12. The Hall–Kier alpha value is -2.64. The van der Waals surface area contributed by atoms with E-state index in [4.69, 9.17) is 14.3 Å². The molecule has 2 heterocycles. The van der Waals surface area contributed by atoms with Crippen LogP contribution in [0.25, 0.3) is 17.0 Å². The van der Waals surface area contributed by atoms with Crippen molar-refractivity contribution >= 4 is 28.9 Å². The molecule has 1 saturated heterocycles. The zero-order chi connectivity index (χ0) is 17.3. The second kappa shape index (κ2) is 6.46. The lowest BCUT2D eigenvalue weighted by Crippen LogP contribution is -2.44. The van der Waals surface area contributed by atoms with Crippen LogP contribution in [-0.4, -0.2) is 48.6 Å². The van der Waals surface area contributed by atoms with Gasteiger partial charge in [0.15, 0.2) is 11.3 Å². The predicted octanol–water partition coefficient (Wildman–Crippen LogP) is 1.33. The standard InChI is InChI=1S/C17H17NO6/c1-2-10-5-11(17(21)22)6-13-14(20)7-15(24-16(10)13)18-3-4-23-12(8-18)9-19/h2,5-7,12,19H,1,3-4,8-9H2,(H,21,22)/t12-/m0/s1. The van der Waals surface area contributed by atoms with E-state index < -0.39 is 5.97 Å². The van der Waals surface area contributed by atoms with Crippen molar-refractivity contribution in [3.8, 4) is 0 Å². The van der Waals surface area contributed by atoms with Crippen molar-refractivity contribution in [1.29, 1.82) is 0 Å². The lowest BCUT2D eigenvalue weighted by molar-refractivity contribution is 0.00256. The second-order valence-corrected chi connectivity index (χ2v) is 5.52. The number of aliphatic hydroxyl groups is 1. The minimum Gasteiger partial charge on any atom is -0.478 e. The zero-order valence-electron chi connectivity index (χ0n) is 12.9. The smallest absolute Gasteiger partial charge is 0.335 e. The first kappa shape index (κ1) is 16.2. The fraction of sp³-hybridized carbons (Fsp3) is 0.294. The van der Waals surface area contributed by atoms with E-state index in [0.29, 0.717) is 36.7 Å². The number of benzene rings is 1. The maximum Gasteiger partial charge on any atom is 0.335 e. The van der Waals surface area contributed by atoms with Gasteiger partial charge in [0.05, 0.1) is 30.3 Å². The highest BCUT2D eigenvalue weighted by molar-refractivity contribution is 5.96. The van der Waals surface area contributed by atoms with Gasteiger partial charge in [-0.05, 0) is 12.1 Å². The summed E-state index contributed by atoms with van der Waals surface area (Å²) < 4.78 is 11.2. The molecule has 0 radical (unpaired) electrons. The highest BCUT2D eigenvalue weighted by Crippen LogP contribution is 2.26. The van der Waals surface area contributed by atoms with Crippen molar-refractivity contribution in [2.45, 2.75) is 6.10 Å². The van der Waals surface area contributed by atoms with Gasteiger partial charge in [0, 0.05) is 24.7 Å². The lowest BCUT2D eigenvalue weighted by atomic mass is 10.1. The highest BCUT2D eigenvalue weighted by Gasteiger charge is 2.23. The fourth-order valence-corrected chi connectivity index (χ4v) is 2.73. The Bertz CT molecular complexity index is 856. The molecule has 0 spiro atoms. The van der Waals surface area contributed by atoms with E-state index in [1.807, 2.05) is 4.90 Å². The van der Waals surface area contributed by atoms with E-state index in [1.165, 1.54) is 24.3 Å². The van der Waals surface area contributed by atoms with Gasteiger partial charge in [-0.3, -0.25) is 4.79 Å². The Labute approximate surface area is 137 Å². The van der Waals surface area contributed by atoms with E-state index in [9.17, 15) is 14.7 Å². The summed E-state index contributed by atoms with van der Waals surface area (Å²) in [6.07, 6.45) is 1.12. The summed E-state index contributed by atoms with van der Waals surface area (Å²) in [6, 6.07) is 4.05. The first-order chi connectivity index (χ1) is 11.5. The molecule has 0 saturated carbocycles. The number of anilines is 1. The Morgan fingerprint density at radius 1 is 1.42 bits per heavy atom. The Morgan fingerprint density at radius 3 is 2.88 bits per heavy atom. The number of carboxylic acids is 1. The van der Waals surface area contributed by atoms with Crippen LogP contribution in [0.3, 0.4) is 0 Å². The van der Waals surface area contributed by atoms with Crippen LogP contribution in [0.5, 0.6) is 0 Å². The number of hydrogen-bond donors (Lipinski definition) is 2. The summed E-state index contributed by atoms with van der Waals surface area (Å²) in [5.74, 6) is -0.761. The summed E-state index contributed by atoms with van der Waals surface area (Å²) in [7, 11) is 0. The number of aromatic carboxylic acids is 1. The largest absolute Gasteiger partial charge is 0.478 e. The van der Waals surface area contributed by atoms with E-state index in [2.05, 4.69) is 6.58 Å². The molecule has 2 N–H and O–H groups in total. The van der Waals surface area contributed by atoms with Crippen molar-refractivity contribution in [3.63, 3.8) is 0 Å². The summed E-state index contributed by atoms with van der Waals surface area (Å²) in [6.45, 7) is 4.89. The lowest BCUT2D eigenvalue weighted by Gasteiger charge is -2.32. The summed E-state index contributed by atoms with van der Waals surface area (Å²) in [4.78, 5) is 25.5. The zero-order valence-corrected chi connectivity index (χ0v) is 12.9. The molecule has 0 bridgehead atoms. The third-order valence-electron chi connectivity index (χ3n) is 3.97. The Kier molecular flexibility index (Phi) is 4.37. The van der Waals surface area contributed by atoms with Gasteiger partial charge < -0.3 is 24.3 Å². The van der Waals surface area contributed by atoms with Gasteiger partial charge in [-0.2, -0.15) is 0 Å². The van der Waals surface area contributed by atoms with Crippen molar-refractivity contribution < 1.29 is 24.2 Å². The van der Waals surface area contributed by atoms with Crippen LogP contribution in [0, 0.1) is 0 Å². The first-order valence-corrected chi connectivity index (χ1v) is 7.48.